The Morgan fingerprint density at radius 1 is 1.15 bits per heavy atom. The summed E-state index contributed by atoms with van der Waals surface area (Å²) in [5.41, 5.74) is 7.83. The molecular weight excluding hydrogens is 354 g/mol. The van der Waals surface area contributed by atoms with Gasteiger partial charge in [0.2, 0.25) is 5.91 Å². The largest absolute Gasteiger partial charge is 0.349 e. The molecule has 0 aliphatic heterocycles. The maximum Gasteiger partial charge on any atom is 0.269 e. The summed E-state index contributed by atoms with van der Waals surface area (Å²) in [5.74, 6) is -0.593. The molecule has 0 spiro atoms. The lowest BCUT2D eigenvalue weighted by atomic mass is 9.93. The number of nitrogens with one attached hydrogen (secondary N) is 1. The second-order valence-electron chi connectivity index (χ2n) is 6.05. The summed E-state index contributed by atoms with van der Waals surface area (Å²) in [4.78, 5) is 23.1. The van der Waals surface area contributed by atoms with Crippen LogP contribution in [0, 0.1) is 16.0 Å². The van der Waals surface area contributed by atoms with Crippen LogP contribution in [0.4, 0.5) is 5.69 Å². The number of carbonyl (C=O) groups is 1. The summed E-state index contributed by atoms with van der Waals surface area (Å²) >= 11 is 0. The van der Waals surface area contributed by atoms with E-state index < -0.39 is 16.9 Å². The van der Waals surface area contributed by atoms with E-state index in [4.69, 9.17) is 5.73 Å². The summed E-state index contributed by atoms with van der Waals surface area (Å²) in [6.45, 7) is 3.71. The molecule has 0 saturated carbocycles. The van der Waals surface area contributed by atoms with Crippen molar-refractivity contribution >= 4 is 24.0 Å². The van der Waals surface area contributed by atoms with Crippen molar-refractivity contribution in [2.75, 3.05) is 0 Å². The van der Waals surface area contributed by atoms with Gasteiger partial charge in [-0.1, -0.05) is 56.3 Å². The van der Waals surface area contributed by atoms with Crippen molar-refractivity contribution in [3.8, 4) is 0 Å². The molecule has 2 aromatic carbocycles. The zero-order valence-electron chi connectivity index (χ0n) is 14.8. The number of carbonyl (C=O) groups excluding carboxylic acids is 1. The van der Waals surface area contributed by atoms with E-state index in [0.29, 0.717) is 12.0 Å². The molecule has 0 saturated heterocycles. The van der Waals surface area contributed by atoms with Crippen LogP contribution in [0.2, 0.25) is 0 Å². The smallest absolute Gasteiger partial charge is 0.269 e. The molecule has 0 fully saturated rings. The van der Waals surface area contributed by atoms with Gasteiger partial charge in [0, 0.05) is 18.2 Å². The number of amides is 1. The molecule has 140 valence electrons. The Morgan fingerprint density at radius 3 is 2.35 bits per heavy atom. The van der Waals surface area contributed by atoms with Crippen LogP contribution in [0.1, 0.15) is 43.5 Å². The summed E-state index contributed by atoms with van der Waals surface area (Å²) in [6, 6.07) is 15.1. The van der Waals surface area contributed by atoms with Gasteiger partial charge in [-0.3, -0.25) is 14.9 Å². The van der Waals surface area contributed by atoms with E-state index in [-0.39, 0.29) is 30.0 Å². The van der Waals surface area contributed by atoms with Gasteiger partial charge in [-0.05, 0) is 17.5 Å². The van der Waals surface area contributed by atoms with Crippen LogP contribution in [0.25, 0.3) is 0 Å². The second kappa shape index (κ2) is 9.89. The highest BCUT2D eigenvalue weighted by molar-refractivity contribution is 5.85. The topological polar surface area (TPSA) is 98.3 Å². The van der Waals surface area contributed by atoms with Crippen LogP contribution in [-0.2, 0) is 4.79 Å². The molecule has 7 heteroatoms. The first-order chi connectivity index (χ1) is 11.9. The Hall–Kier alpha value is -2.44. The molecule has 3 atom stereocenters. The van der Waals surface area contributed by atoms with Crippen LogP contribution in [0.5, 0.6) is 0 Å². The van der Waals surface area contributed by atoms with E-state index in [0.717, 1.165) is 5.56 Å². The summed E-state index contributed by atoms with van der Waals surface area (Å²) in [5, 5.41) is 13.9. The number of hydrogen-bond acceptors (Lipinski definition) is 4. The first kappa shape index (κ1) is 21.6. The predicted molar refractivity (Wildman–Crippen MR) is 104 cm³/mol. The number of rotatable bonds is 7. The molecule has 0 aliphatic rings. The van der Waals surface area contributed by atoms with Gasteiger partial charge in [0.1, 0.15) is 0 Å². The number of nitro benzene ring substituents is 1. The molecule has 0 bridgehead atoms. The van der Waals surface area contributed by atoms with E-state index in [1.54, 1.807) is 19.1 Å². The number of benzene rings is 2. The van der Waals surface area contributed by atoms with E-state index in [2.05, 4.69) is 5.32 Å². The third-order valence-electron chi connectivity index (χ3n) is 4.34. The molecule has 3 unspecified atom stereocenters. The van der Waals surface area contributed by atoms with Gasteiger partial charge < -0.3 is 11.1 Å². The lowest BCUT2D eigenvalue weighted by Crippen LogP contribution is -2.37. The van der Waals surface area contributed by atoms with Crippen molar-refractivity contribution in [2.24, 2.45) is 11.7 Å². The van der Waals surface area contributed by atoms with Crippen LogP contribution < -0.4 is 11.1 Å². The minimum Gasteiger partial charge on any atom is -0.349 e. The number of hydrogen-bond donors (Lipinski definition) is 2. The molecule has 0 aromatic heterocycles. The monoisotopic (exact) mass is 377 g/mol. The zero-order valence-corrected chi connectivity index (χ0v) is 15.6. The Bertz CT molecular complexity index is 740. The minimum atomic E-state index is -0.439. The highest BCUT2D eigenvalue weighted by atomic mass is 35.5. The summed E-state index contributed by atoms with van der Waals surface area (Å²) in [7, 11) is 0. The number of nitro groups is 1. The summed E-state index contributed by atoms with van der Waals surface area (Å²) in [6.07, 6.45) is 0.625. The molecule has 6 nitrogen and oxygen atoms in total. The maximum atomic E-state index is 12.6. The normalized spacial score (nSPS) is 13.8. The van der Waals surface area contributed by atoms with Gasteiger partial charge in [-0.2, -0.15) is 0 Å². The quantitative estimate of drug-likeness (QED) is 0.564. The van der Waals surface area contributed by atoms with Crippen molar-refractivity contribution in [3.05, 3.63) is 75.8 Å². The van der Waals surface area contributed by atoms with Gasteiger partial charge in [0.05, 0.1) is 16.9 Å². The number of non-ortho nitro benzene ring substituents is 1. The van der Waals surface area contributed by atoms with Gasteiger partial charge in [0.25, 0.3) is 5.69 Å². The predicted octanol–water partition coefficient (Wildman–Crippen LogP) is 3.92. The number of halogens is 1. The number of nitrogens with zero attached hydrogens (tertiary/aromatic N) is 1. The number of nitrogens with two attached hydrogens (primary N) is 1. The lowest BCUT2D eigenvalue weighted by molar-refractivity contribution is -0.384. The van der Waals surface area contributed by atoms with Crippen molar-refractivity contribution < 1.29 is 9.72 Å². The highest BCUT2D eigenvalue weighted by Gasteiger charge is 2.24. The second-order valence-corrected chi connectivity index (χ2v) is 6.05. The fourth-order valence-electron chi connectivity index (χ4n) is 2.71. The Kier molecular flexibility index (Phi) is 8.22. The summed E-state index contributed by atoms with van der Waals surface area (Å²) < 4.78 is 0. The molecule has 0 heterocycles. The Labute approximate surface area is 159 Å². The fourth-order valence-corrected chi connectivity index (χ4v) is 2.71. The van der Waals surface area contributed by atoms with Crippen LogP contribution in [0.3, 0.4) is 0 Å². The molecular formula is C19H24ClN3O3. The van der Waals surface area contributed by atoms with E-state index in [1.807, 2.05) is 37.3 Å². The average molecular weight is 378 g/mol. The third-order valence-corrected chi connectivity index (χ3v) is 4.34. The minimum absolute atomic E-state index is 0. The molecule has 2 rings (SSSR count). The molecule has 2 aromatic rings. The van der Waals surface area contributed by atoms with Gasteiger partial charge in [0.15, 0.2) is 0 Å². The fraction of sp³-hybridized carbons (Fsp3) is 0.316. The first-order valence-corrected chi connectivity index (χ1v) is 8.29. The van der Waals surface area contributed by atoms with Crippen molar-refractivity contribution in [1.82, 2.24) is 5.32 Å². The van der Waals surface area contributed by atoms with E-state index >= 15 is 0 Å². The molecule has 0 radical (unpaired) electrons. The highest BCUT2D eigenvalue weighted by Crippen LogP contribution is 2.24. The average Bonchev–Trinajstić information content (AvgIpc) is 2.65. The zero-order chi connectivity index (χ0) is 18.4. The SMILES string of the molecule is CCC(NC(=O)C(C)C(N)c1ccccc1)c1cccc([N+](=O)[O-])c1.Cl. The van der Waals surface area contributed by atoms with Crippen LogP contribution >= 0.6 is 12.4 Å². The Balaban J connectivity index is 0.00000338. The molecule has 0 aliphatic carbocycles. The van der Waals surface area contributed by atoms with Gasteiger partial charge in [-0.15, -0.1) is 12.4 Å². The van der Waals surface area contributed by atoms with Gasteiger partial charge in [-0.25, -0.2) is 0 Å². The molecule has 3 N–H and O–H groups in total. The van der Waals surface area contributed by atoms with E-state index in [1.165, 1.54) is 12.1 Å². The van der Waals surface area contributed by atoms with Crippen LogP contribution in [-0.4, -0.2) is 10.8 Å². The standard InChI is InChI=1S/C19H23N3O3.ClH/c1-3-17(15-10-7-11-16(12-15)22(24)25)21-19(23)13(2)18(20)14-8-5-4-6-9-14;/h4-13,17-18H,3,20H2,1-2H3,(H,21,23);1H. The maximum absolute atomic E-state index is 12.6. The van der Waals surface area contributed by atoms with Gasteiger partial charge >= 0.3 is 0 Å². The van der Waals surface area contributed by atoms with Crippen molar-refractivity contribution in [3.63, 3.8) is 0 Å². The lowest BCUT2D eigenvalue weighted by Gasteiger charge is -2.24. The van der Waals surface area contributed by atoms with E-state index in [9.17, 15) is 14.9 Å². The van der Waals surface area contributed by atoms with Crippen molar-refractivity contribution in [1.29, 1.82) is 0 Å². The molecule has 1 amide bonds. The van der Waals surface area contributed by atoms with Crippen LogP contribution in [0.15, 0.2) is 54.6 Å². The Morgan fingerprint density at radius 2 is 1.77 bits per heavy atom. The first-order valence-electron chi connectivity index (χ1n) is 8.29. The van der Waals surface area contributed by atoms with Crippen molar-refractivity contribution in [2.45, 2.75) is 32.4 Å². The molecule has 26 heavy (non-hydrogen) atoms. The third kappa shape index (κ3) is 5.28.